The van der Waals surface area contributed by atoms with Crippen molar-refractivity contribution in [3.8, 4) is 5.75 Å². The quantitative estimate of drug-likeness (QED) is 0.789. The van der Waals surface area contributed by atoms with Crippen molar-refractivity contribution in [2.75, 3.05) is 7.11 Å². The number of carbonyl (C=O) groups is 2. The van der Waals surface area contributed by atoms with Gasteiger partial charge in [0, 0.05) is 10.0 Å². The number of hydrogen-bond donors (Lipinski definition) is 1. The largest absolute Gasteiger partial charge is 0.496 e. The number of amides is 3. The number of methoxy groups -OCH3 is 1. The molecule has 1 aliphatic rings. The van der Waals surface area contributed by atoms with Gasteiger partial charge in [-0.25, -0.2) is 9.18 Å². The predicted molar refractivity (Wildman–Crippen MR) is 93.5 cm³/mol. The molecule has 0 saturated carbocycles. The van der Waals surface area contributed by atoms with Crippen LogP contribution < -0.4 is 10.1 Å². The lowest BCUT2D eigenvalue weighted by atomic mass is 9.92. The smallest absolute Gasteiger partial charge is 0.325 e. The molecule has 1 aliphatic heterocycles. The molecule has 1 unspecified atom stereocenters. The van der Waals surface area contributed by atoms with Crippen LogP contribution in [-0.2, 0) is 16.9 Å². The SMILES string of the molecule is COc1ccc(Br)cc1CN1C(=O)NC(C)(c2ccc(F)cc2)C1=O. The molecular weight excluding hydrogens is 391 g/mol. The Kier molecular flexibility index (Phi) is 4.51. The number of benzene rings is 2. The van der Waals surface area contributed by atoms with Crippen LogP contribution >= 0.6 is 15.9 Å². The average Bonchev–Trinajstić information content (AvgIpc) is 2.80. The first-order valence-electron chi connectivity index (χ1n) is 7.57. The molecule has 0 bridgehead atoms. The topological polar surface area (TPSA) is 58.6 Å². The summed E-state index contributed by atoms with van der Waals surface area (Å²) in [6.45, 7) is 1.68. The van der Waals surface area contributed by atoms with E-state index in [2.05, 4.69) is 21.2 Å². The molecule has 0 aromatic heterocycles. The maximum Gasteiger partial charge on any atom is 0.325 e. The van der Waals surface area contributed by atoms with Gasteiger partial charge in [-0.05, 0) is 42.8 Å². The molecule has 2 aromatic carbocycles. The Morgan fingerprint density at radius 1 is 1.20 bits per heavy atom. The normalized spacial score (nSPS) is 19.9. The molecule has 7 heteroatoms. The van der Waals surface area contributed by atoms with Gasteiger partial charge in [0.2, 0.25) is 0 Å². The van der Waals surface area contributed by atoms with E-state index in [0.29, 0.717) is 16.9 Å². The van der Waals surface area contributed by atoms with E-state index in [-0.39, 0.29) is 6.54 Å². The summed E-state index contributed by atoms with van der Waals surface area (Å²) in [6, 6.07) is 10.4. The van der Waals surface area contributed by atoms with Crippen LogP contribution in [0.5, 0.6) is 5.75 Å². The minimum atomic E-state index is -1.23. The van der Waals surface area contributed by atoms with Crippen LogP contribution in [0.15, 0.2) is 46.9 Å². The Hall–Kier alpha value is -2.41. The van der Waals surface area contributed by atoms with Gasteiger partial charge in [0.05, 0.1) is 13.7 Å². The summed E-state index contributed by atoms with van der Waals surface area (Å²) in [5.41, 5.74) is -0.0102. The van der Waals surface area contributed by atoms with Crippen molar-refractivity contribution in [1.82, 2.24) is 10.2 Å². The van der Waals surface area contributed by atoms with Gasteiger partial charge < -0.3 is 10.1 Å². The molecule has 1 heterocycles. The molecule has 1 saturated heterocycles. The summed E-state index contributed by atoms with van der Waals surface area (Å²) in [5, 5.41) is 2.70. The molecule has 0 radical (unpaired) electrons. The second-order valence-electron chi connectivity index (χ2n) is 5.91. The van der Waals surface area contributed by atoms with E-state index >= 15 is 0 Å². The highest BCUT2D eigenvalue weighted by atomic mass is 79.9. The molecule has 3 rings (SSSR count). The maximum absolute atomic E-state index is 13.2. The number of nitrogens with zero attached hydrogens (tertiary/aromatic N) is 1. The van der Waals surface area contributed by atoms with Gasteiger partial charge in [0.25, 0.3) is 5.91 Å². The first-order valence-corrected chi connectivity index (χ1v) is 8.37. The number of carbonyl (C=O) groups excluding carboxylic acids is 2. The third-order valence-corrected chi connectivity index (χ3v) is 4.76. The Labute approximate surface area is 152 Å². The van der Waals surface area contributed by atoms with Crippen LogP contribution in [0.25, 0.3) is 0 Å². The second kappa shape index (κ2) is 6.48. The zero-order valence-corrected chi connectivity index (χ0v) is 15.3. The fourth-order valence-corrected chi connectivity index (χ4v) is 3.27. The highest BCUT2D eigenvalue weighted by molar-refractivity contribution is 9.10. The lowest BCUT2D eigenvalue weighted by Gasteiger charge is -2.22. The van der Waals surface area contributed by atoms with Gasteiger partial charge in [0.15, 0.2) is 0 Å². The molecule has 1 atom stereocenters. The van der Waals surface area contributed by atoms with Gasteiger partial charge >= 0.3 is 6.03 Å². The molecule has 3 amide bonds. The summed E-state index contributed by atoms with van der Waals surface area (Å²) >= 11 is 3.38. The fourth-order valence-electron chi connectivity index (χ4n) is 2.86. The summed E-state index contributed by atoms with van der Waals surface area (Å²) in [7, 11) is 1.53. The van der Waals surface area contributed by atoms with Crippen molar-refractivity contribution >= 4 is 27.9 Å². The van der Waals surface area contributed by atoms with Gasteiger partial charge in [-0.2, -0.15) is 0 Å². The summed E-state index contributed by atoms with van der Waals surface area (Å²) in [5.74, 6) is -0.217. The van der Waals surface area contributed by atoms with Crippen LogP contribution in [0.3, 0.4) is 0 Å². The highest BCUT2D eigenvalue weighted by Gasteiger charge is 2.49. The van der Waals surface area contributed by atoms with Crippen molar-refractivity contribution in [2.45, 2.75) is 19.0 Å². The van der Waals surface area contributed by atoms with E-state index < -0.39 is 23.3 Å². The minimum Gasteiger partial charge on any atom is -0.496 e. The van der Waals surface area contributed by atoms with E-state index in [0.717, 1.165) is 9.37 Å². The summed E-state index contributed by atoms with van der Waals surface area (Å²) in [6.07, 6.45) is 0. The minimum absolute atomic E-state index is 0.0735. The van der Waals surface area contributed by atoms with Crippen molar-refractivity contribution in [1.29, 1.82) is 0 Å². The number of ether oxygens (including phenoxy) is 1. The fraction of sp³-hybridized carbons (Fsp3) is 0.222. The molecule has 1 fully saturated rings. The van der Waals surface area contributed by atoms with E-state index in [9.17, 15) is 14.0 Å². The van der Waals surface area contributed by atoms with E-state index in [4.69, 9.17) is 4.74 Å². The van der Waals surface area contributed by atoms with E-state index in [1.54, 1.807) is 19.1 Å². The molecular formula is C18H16BrFN2O3. The monoisotopic (exact) mass is 406 g/mol. The van der Waals surface area contributed by atoms with Crippen LogP contribution in [0, 0.1) is 5.82 Å². The zero-order chi connectivity index (χ0) is 18.2. The predicted octanol–water partition coefficient (Wildman–Crippen LogP) is 3.56. The number of urea groups is 1. The van der Waals surface area contributed by atoms with E-state index in [1.807, 2.05) is 6.07 Å². The van der Waals surface area contributed by atoms with Gasteiger partial charge in [-0.3, -0.25) is 9.69 Å². The van der Waals surface area contributed by atoms with Crippen molar-refractivity contribution < 1.29 is 18.7 Å². The number of nitrogens with one attached hydrogen (secondary N) is 1. The van der Waals surface area contributed by atoms with E-state index in [1.165, 1.54) is 31.4 Å². The molecule has 25 heavy (non-hydrogen) atoms. The number of imide groups is 1. The Morgan fingerprint density at radius 2 is 1.88 bits per heavy atom. The lowest BCUT2D eigenvalue weighted by molar-refractivity contribution is -0.131. The summed E-state index contributed by atoms with van der Waals surface area (Å²) in [4.78, 5) is 26.4. The first kappa shape index (κ1) is 17.4. The third kappa shape index (κ3) is 3.11. The number of hydrogen-bond acceptors (Lipinski definition) is 3. The van der Waals surface area contributed by atoms with Crippen molar-refractivity contribution in [2.24, 2.45) is 0 Å². The van der Waals surface area contributed by atoms with Crippen molar-refractivity contribution in [3.05, 3.63) is 63.9 Å². The molecule has 2 aromatic rings. The van der Waals surface area contributed by atoms with Gasteiger partial charge in [-0.15, -0.1) is 0 Å². The molecule has 0 aliphatic carbocycles. The molecule has 0 spiro atoms. The first-order chi connectivity index (χ1) is 11.8. The summed E-state index contributed by atoms with van der Waals surface area (Å²) < 4.78 is 19.3. The average molecular weight is 407 g/mol. The van der Waals surface area contributed by atoms with Crippen LogP contribution in [0.2, 0.25) is 0 Å². The van der Waals surface area contributed by atoms with Crippen LogP contribution in [0.1, 0.15) is 18.1 Å². The Bertz CT molecular complexity index is 841. The van der Waals surface area contributed by atoms with Crippen LogP contribution in [-0.4, -0.2) is 23.9 Å². The number of halogens is 2. The zero-order valence-electron chi connectivity index (χ0n) is 13.7. The molecule has 130 valence electrons. The Balaban J connectivity index is 1.92. The maximum atomic E-state index is 13.2. The standard InChI is InChI=1S/C18H16BrFN2O3/c1-18(12-3-6-14(20)7-4-12)16(23)22(17(24)21-18)10-11-9-13(19)5-8-15(11)25-2/h3-9H,10H2,1-2H3,(H,21,24). The third-order valence-electron chi connectivity index (χ3n) is 4.27. The van der Waals surface area contributed by atoms with Gasteiger partial charge in [-0.1, -0.05) is 28.1 Å². The molecule has 5 nitrogen and oxygen atoms in total. The lowest BCUT2D eigenvalue weighted by Crippen LogP contribution is -2.40. The van der Waals surface area contributed by atoms with Crippen molar-refractivity contribution in [3.63, 3.8) is 0 Å². The Morgan fingerprint density at radius 3 is 2.52 bits per heavy atom. The second-order valence-corrected chi connectivity index (χ2v) is 6.83. The van der Waals surface area contributed by atoms with Gasteiger partial charge in [0.1, 0.15) is 17.1 Å². The van der Waals surface area contributed by atoms with Crippen LogP contribution in [0.4, 0.5) is 9.18 Å². The number of rotatable bonds is 4. The molecule has 1 N–H and O–H groups in total. The highest BCUT2D eigenvalue weighted by Crippen LogP contribution is 2.32.